The summed E-state index contributed by atoms with van der Waals surface area (Å²) in [4.78, 5) is 85.9. The SMILES string of the molecule is CCCCCCCCCCCOC(=O)C(C)(C)CCCCN(CCCCCCC(C)(C)C(=O)OC(CCCCC)CCCCCCCC)CCNC(=O)CC(=O)NCCN(CCCCCCC(C)(C)C(=O)OC(CCCCCCCC)CCCCCCCC)CCCCC(C)(C)C(=O)OCCCCCCCCCCC. The molecule has 0 aromatic heterocycles. The highest BCUT2D eigenvalue weighted by atomic mass is 16.6. The van der Waals surface area contributed by atoms with E-state index in [1.807, 2.05) is 27.7 Å². The van der Waals surface area contributed by atoms with Crippen LogP contribution in [0.5, 0.6) is 0 Å². The molecule has 0 aliphatic rings. The monoisotopic (exact) mass is 1560 g/mol. The number of ether oxygens (including phenoxy) is 4. The smallest absolute Gasteiger partial charge is 0.311 e. The molecule has 2 N–H and O–H groups in total. The molecule has 0 rings (SSSR count). The number of hydrogen-bond donors (Lipinski definition) is 2. The number of carbonyl (C=O) groups is 6. The second-order valence-electron chi connectivity index (χ2n) is 36.5. The molecule has 14 heteroatoms. The fraction of sp³-hybridized carbons (Fsp3) is 0.938. The first kappa shape index (κ1) is 107. The highest BCUT2D eigenvalue weighted by molar-refractivity contribution is 5.96. The van der Waals surface area contributed by atoms with Crippen LogP contribution < -0.4 is 10.6 Å². The van der Waals surface area contributed by atoms with Gasteiger partial charge < -0.3 is 39.4 Å². The van der Waals surface area contributed by atoms with Crippen LogP contribution in [0.1, 0.15) is 482 Å². The summed E-state index contributed by atoms with van der Waals surface area (Å²) < 4.78 is 24.3. The van der Waals surface area contributed by atoms with Gasteiger partial charge in [0.1, 0.15) is 18.6 Å². The molecule has 0 aliphatic heterocycles. The Balaban J connectivity index is 5.86. The first-order chi connectivity index (χ1) is 52.9. The topological polar surface area (TPSA) is 170 Å². The van der Waals surface area contributed by atoms with E-state index in [-0.39, 0.29) is 54.3 Å². The molecular formula is C96H186N4O10. The van der Waals surface area contributed by atoms with Crippen LogP contribution in [0.15, 0.2) is 0 Å². The van der Waals surface area contributed by atoms with Crippen LogP contribution in [0.2, 0.25) is 0 Å². The summed E-state index contributed by atoms with van der Waals surface area (Å²) in [5.41, 5.74) is -2.20. The predicted octanol–water partition coefficient (Wildman–Crippen LogP) is 26.4. The fourth-order valence-electron chi connectivity index (χ4n) is 15.1. The van der Waals surface area contributed by atoms with Gasteiger partial charge in [0.2, 0.25) is 11.8 Å². The van der Waals surface area contributed by atoms with Crippen LogP contribution >= 0.6 is 0 Å². The van der Waals surface area contributed by atoms with Crippen molar-refractivity contribution in [3.63, 3.8) is 0 Å². The van der Waals surface area contributed by atoms with Gasteiger partial charge in [-0.1, -0.05) is 305 Å². The van der Waals surface area contributed by atoms with Gasteiger partial charge in [-0.25, -0.2) is 0 Å². The van der Waals surface area contributed by atoms with Crippen molar-refractivity contribution in [3.8, 4) is 0 Å². The number of esters is 4. The zero-order chi connectivity index (χ0) is 81.5. The van der Waals surface area contributed by atoms with Crippen molar-refractivity contribution in [2.45, 2.75) is 494 Å². The van der Waals surface area contributed by atoms with Gasteiger partial charge >= 0.3 is 23.9 Å². The van der Waals surface area contributed by atoms with Crippen LogP contribution in [0, 0.1) is 21.7 Å². The predicted molar refractivity (Wildman–Crippen MR) is 467 cm³/mol. The maximum absolute atomic E-state index is 13.8. The minimum Gasteiger partial charge on any atom is -0.465 e. The summed E-state index contributed by atoms with van der Waals surface area (Å²) >= 11 is 0. The maximum atomic E-state index is 13.8. The van der Waals surface area contributed by atoms with Crippen molar-refractivity contribution in [1.29, 1.82) is 0 Å². The van der Waals surface area contributed by atoms with E-state index in [4.69, 9.17) is 18.9 Å². The standard InChI is InChI=1S/C96H186N4O10/c1-15-21-27-32-37-39-41-50-64-82-107-89(103)93(7,8)72-58-62-78-99(76-60-48-46-56-70-95(11,12)91(105)109-85(66-52-26-20-6)67-53-43-34-29-23-17-3)80-74-97-87(101)84-88(102)98-75-81-100(79-63-59-73-94(9,10)90(104)108-83-65-51-42-40-38-33-28-22-16-2)77-61-49-47-57-71-96(13,14)92(106)110-86(68-54-44-35-30-24-18-4)69-55-45-36-31-25-19-5/h85-86H,15-84H2,1-14H3,(H,97,101)(H,98,102). The lowest BCUT2D eigenvalue weighted by Crippen LogP contribution is -2.40. The van der Waals surface area contributed by atoms with Crippen molar-refractivity contribution in [2.75, 3.05) is 65.6 Å². The molecule has 1 atom stereocenters. The molecule has 1 unspecified atom stereocenters. The van der Waals surface area contributed by atoms with Crippen molar-refractivity contribution in [2.24, 2.45) is 21.7 Å². The van der Waals surface area contributed by atoms with Crippen LogP contribution in [0.3, 0.4) is 0 Å². The molecule has 0 bridgehead atoms. The lowest BCUT2D eigenvalue weighted by Gasteiger charge is -2.27. The minimum atomic E-state index is -0.565. The summed E-state index contributed by atoms with van der Waals surface area (Å²) in [6, 6.07) is 0. The van der Waals surface area contributed by atoms with Gasteiger partial charge in [-0.2, -0.15) is 0 Å². The molecule has 14 nitrogen and oxygen atoms in total. The summed E-state index contributed by atoms with van der Waals surface area (Å²) in [7, 11) is 0. The molecule has 0 saturated carbocycles. The van der Waals surface area contributed by atoms with Crippen LogP contribution in [-0.2, 0) is 47.7 Å². The maximum Gasteiger partial charge on any atom is 0.311 e. The highest BCUT2D eigenvalue weighted by Gasteiger charge is 2.34. The number of unbranched alkanes of at least 4 members (excludes halogenated alkanes) is 41. The quantitative estimate of drug-likeness (QED) is 0.0256. The van der Waals surface area contributed by atoms with E-state index in [2.05, 4.69) is 89.7 Å². The van der Waals surface area contributed by atoms with Crippen LogP contribution in [0.4, 0.5) is 0 Å². The van der Waals surface area contributed by atoms with Crippen molar-refractivity contribution >= 4 is 35.7 Å². The molecule has 0 saturated heterocycles. The Hall–Kier alpha value is -3.26. The summed E-state index contributed by atoms with van der Waals surface area (Å²) in [5.74, 6) is -0.897. The van der Waals surface area contributed by atoms with Crippen LogP contribution in [-0.4, -0.2) is 123 Å². The van der Waals surface area contributed by atoms with Crippen molar-refractivity contribution < 1.29 is 47.7 Å². The first-order valence-corrected chi connectivity index (χ1v) is 47.7. The molecule has 0 aromatic carbocycles. The van der Waals surface area contributed by atoms with Crippen molar-refractivity contribution in [1.82, 2.24) is 20.4 Å². The number of nitrogens with zero attached hydrogens (tertiary/aromatic N) is 2. The van der Waals surface area contributed by atoms with E-state index in [9.17, 15) is 28.8 Å². The zero-order valence-corrected chi connectivity index (χ0v) is 75.6. The lowest BCUT2D eigenvalue weighted by molar-refractivity contribution is -0.161. The number of nitrogens with one attached hydrogen (secondary N) is 2. The highest BCUT2D eigenvalue weighted by Crippen LogP contribution is 2.32. The van der Waals surface area contributed by atoms with Crippen molar-refractivity contribution in [3.05, 3.63) is 0 Å². The normalized spacial score (nSPS) is 12.5. The summed E-state index contributed by atoms with van der Waals surface area (Å²) in [5, 5.41) is 6.14. The third-order valence-electron chi connectivity index (χ3n) is 23.4. The van der Waals surface area contributed by atoms with E-state index in [1.54, 1.807) is 0 Å². The Bertz CT molecular complexity index is 2150. The molecule has 0 fully saturated rings. The zero-order valence-electron chi connectivity index (χ0n) is 75.6. The molecule has 0 heterocycles. The lowest BCUT2D eigenvalue weighted by atomic mass is 9.86. The molecule has 0 spiro atoms. The minimum absolute atomic E-state index is 0.00912. The Labute approximate surface area is 681 Å². The molecular weight excluding hydrogens is 1370 g/mol. The average Bonchev–Trinajstić information content (AvgIpc) is 0.888. The third kappa shape index (κ3) is 63.0. The summed E-state index contributed by atoms with van der Waals surface area (Å²) in [6.07, 6.45) is 66.1. The van der Waals surface area contributed by atoms with E-state index in [0.717, 1.165) is 212 Å². The number of amides is 2. The fourth-order valence-corrected chi connectivity index (χ4v) is 15.1. The second kappa shape index (κ2) is 72.2. The van der Waals surface area contributed by atoms with Crippen LogP contribution in [0.25, 0.3) is 0 Å². The second-order valence-corrected chi connectivity index (χ2v) is 36.5. The van der Waals surface area contributed by atoms with Gasteiger partial charge in [0.15, 0.2) is 0 Å². The average molecular weight is 1560 g/mol. The Morgan fingerprint density at radius 3 is 0.755 bits per heavy atom. The van der Waals surface area contributed by atoms with Gasteiger partial charge in [0.05, 0.1) is 34.9 Å². The van der Waals surface area contributed by atoms with Gasteiger partial charge in [-0.15, -0.1) is 0 Å². The van der Waals surface area contributed by atoms with Gasteiger partial charge in [-0.3, -0.25) is 28.8 Å². The molecule has 0 aromatic rings. The Kier molecular flexibility index (Phi) is 70.1. The molecule has 0 aliphatic carbocycles. The molecule has 0 radical (unpaired) electrons. The number of rotatable bonds is 83. The van der Waals surface area contributed by atoms with Gasteiger partial charge in [0.25, 0.3) is 0 Å². The molecule has 650 valence electrons. The Morgan fingerprint density at radius 2 is 0.464 bits per heavy atom. The third-order valence-corrected chi connectivity index (χ3v) is 23.4. The van der Waals surface area contributed by atoms with Gasteiger partial charge in [-0.05, 0) is 197 Å². The molecule has 2 amide bonds. The van der Waals surface area contributed by atoms with E-state index in [0.29, 0.717) is 39.4 Å². The number of carbonyl (C=O) groups excluding carboxylic acids is 6. The Morgan fingerprint density at radius 1 is 0.255 bits per heavy atom. The summed E-state index contributed by atoms with van der Waals surface area (Å²) in [6.45, 7) is 36.4. The largest absolute Gasteiger partial charge is 0.465 e. The first-order valence-electron chi connectivity index (χ1n) is 47.7. The van der Waals surface area contributed by atoms with Gasteiger partial charge in [0, 0.05) is 26.2 Å². The van der Waals surface area contributed by atoms with E-state index >= 15 is 0 Å². The number of hydrogen-bond acceptors (Lipinski definition) is 12. The molecule has 110 heavy (non-hydrogen) atoms. The van der Waals surface area contributed by atoms with E-state index < -0.39 is 21.7 Å². The van der Waals surface area contributed by atoms with E-state index in [1.165, 1.54) is 193 Å².